The molecule has 0 heterocycles. The fourth-order valence-electron chi connectivity index (χ4n) is 3.90. The Bertz CT molecular complexity index is 408. The van der Waals surface area contributed by atoms with E-state index in [0.717, 1.165) is 25.7 Å². The topological polar surface area (TPSA) is 52.6 Å². The second-order valence-corrected chi connectivity index (χ2v) is 9.30. The van der Waals surface area contributed by atoms with Gasteiger partial charge in [0.15, 0.2) is 0 Å². The Balaban J connectivity index is 3.27. The van der Waals surface area contributed by atoms with Crippen LogP contribution in [-0.4, -0.2) is 25.2 Å². The zero-order valence-electron chi connectivity index (χ0n) is 21.6. The fourth-order valence-corrected chi connectivity index (χ4v) is 3.90. The van der Waals surface area contributed by atoms with E-state index in [0.29, 0.717) is 32.5 Å². The molecule has 0 saturated heterocycles. The van der Waals surface area contributed by atoms with Crippen molar-refractivity contribution in [2.24, 2.45) is 0 Å². The van der Waals surface area contributed by atoms with Crippen LogP contribution in [0.1, 0.15) is 155 Å². The number of carbonyl (C=O) groups excluding carboxylic acids is 2. The maximum atomic E-state index is 11.8. The highest BCUT2D eigenvalue weighted by molar-refractivity contribution is 5.72. The Morgan fingerprint density at radius 1 is 0.406 bits per heavy atom. The lowest BCUT2D eigenvalue weighted by Crippen LogP contribution is -2.09. The van der Waals surface area contributed by atoms with Crippen LogP contribution in [0.3, 0.4) is 0 Å². The summed E-state index contributed by atoms with van der Waals surface area (Å²) in [7, 11) is 0. The molecule has 0 aromatic carbocycles. The number of hydrogen-bond acceptors (Lipinski definition) is 4. The van der Waals surface area contributed by atoms with Crippen LogP contribution < -0.4 is 0 Å². The summed E-state index contributed by atoms with van der Waals surface area (Å²) in [4.78, 5) is 23.4. The molecule has 0 bridgehead atoms. The molecule has 0 amide bonds. The molecule has 0 radical (unpaired) electrons. The molecular weight excluding hydrogens is 400 g/mol. The van der Waals surface area contributed by atoms with E-state index in [-0.39, 0.29) is 11.9 Å². The molecule has 4 heteroatoms. The van der Waals surface area contributed by atoms with E-state index >= 15 is 0 Å². The minimum atomic E-state index is -0.192. The molecule has 0 spiro atoms. The molecule has 0 rings (SSSR count). The quantitative estimate of drug-likeness (QED) is 0.102. The molecule has 0 aromatic rings. The molecule has 0 aliphatic heterocycles. The van der Waals surface area contributed by atoms with Gasteiger partial charge in [0.1, 0.15) is 0 Å². The van der Waals surface area contributed by atoms with E-state index < -0.39 is 0 Å². The molecule has 0 N–H and O–H groups in total. The predicted octanol–water partition coefficient (Wildman–Crippen LogP) is 8.69. The zero-order chi connectivity index (χ0) is 23.5. The molecular formula is C28H54O4. The van der Waals surface area contributed by atoms with Crippen molar-refractivity contribution in [1.82, 2.24) is 0 Å². The van der Waals surface area contributed by atoms with Crippen molar-refractivity contribution in [2.45, 2.75) is 155 Å². The normalized spacial score (nSPS) is 10.9. The highest BCUT2D eigenvalue weighted by Crippen LogP contribution is 2.12. The lowest BCUT2D eigenvalue weighted by Gasteiger charge is -2.06. The summed E-state index contributed by atoms with van der Waals surface area (Å²) >= 11 is 0. The lowest BCUT2D eigenvalue weighted by molar-refractivity contribution is -0.145. The minimum absolute atomic E-state index is 0.187. The monoisotopic (exact) mass is 454 g/mol. The van der Waals surface area contributed by atoms with Crippen molar-refractivity contribution < 1.29 is 19.1 Å². The van der Waals surface area contributed by atoms with Crippen LogP contribution in [0.5, 0.6) is 0 Å². The van der Waals surface area contributed by atoms with Crippen LogP contribution in [0.25, 0.3) is 0 Å². The van der Waals surface area contributed by atoms with Crippen molar-refractivity contribution in [3.05, 3.63) is 0 Å². The van der Waals surface area contributed by atoms with Gasteiger partial charge < -0.3 is 9.47 Å². The van der Waals surface area contributed by atoms with Gasteiger partial charge in [-0.05, 0) is 19.3 Å². The molecule has 0 saturated carbocycles. The molecule has 0 aromatic heterocycles. The number of hydrogen-bond donors (Lipinski definition) is 0. The number of unbranched alkanes of at least 4 members (excludes halogenated alkanes) is 17. The number of esters is 2. The Kier molecular flexibility index (Phi) is 25.3. The second kappa shape index (κ2) is 26.2. The second-order valence-electron chi connectivity index (χ2n) is 9.30. The third-order valence-electron chi connectivity index (χ3n) is 6.03. The van der Waals surface area contributed by atoms with Gasteiger partial charge in [0, 0.05) is 12.8 Å². The summed E-state index contributed by atoms with van der Waals surface area (Å²) in [5, 5.41) is 0. The van der Waals surface area contributed by atoms with E-state index in [1.807, 2.05) is 0 Å². The molecule has 0 aliphatic carbocycles. The van der Waals surface area contributed by atoms with Gasteiger partial charge in [-0.1, -0.05) is 123 Å². The highest BCUT2D eigenvalue weighted by atomic mass is 16.5. The van der Waals surface area contributed by atoms with Gasteiger partial charge in [-0.15, -0.1) is 0 Å². The molecule has 0 aliphatic rings. The van der Waals surface area contributed by atoms with E-state index in [4.69, 9.17) is 9.47 Å². The van der Waals surface area contributed by atoms with Gasteiger partial charge in [-0.25, -0.2) is 0 Å². The first kappa shape index (κ1) is 30.9. The van der Waals surface area contributed by atoms with Crippen molar-refractivity contribution >= 4 is 11.9 Å². The average molecular weight is 455 g/mol. The third-order valence-corrected chi connectivity index (χ3v) is 6.03. The molecule has 0 unspecified atom stereocenters. The van der Waals surface area contributed by atoms with Gasteiger partial charge in [0.25, 0.3) is 0 Å². The summed E-state index contributed by atoms with van der Waals surface area (Å²) in [6, 6.07) is 0. The van der Waals surface area contributed by atoms with Gasteiger partial charge in [-0.2, -0.15) is 0 Å². The average Bonchev–Trinajstić information content (AvgIpc) is 2.78. The molecule has 190 valence electrons. The smallest absolute Gasteiger partial charge is 0.305 e. The maximum absolute atomic E-state index is 11.8. The minimum Gasteiger partial charge on any atom is -0.466 e. The molecule has 0 fully saturated rings. The summed E-state index contributed by atoms with van der Waals surface area (Å²) < 4.78 is 10.5. The summed E-state index contributed by atoms with van der Waals surface area (Å²) in [6.07, 6.45) is 25.3. The lowest BCUT2D eigenvalue weighted by atomic mass is 10.0. The Labute approximate surface area is 199 Å². The summed E-state index contributed by atoms with van der Waals surface area (Å²) in [5.41, 5.74) is 0. The first-order valence-corrected chi connectivity index (χ1v) is 14.0. The van der Waals surface area contributed by atoms with Crippen LogP contribution in [0.2, 0.25) is 0 Å². The van der Waals surface area contributed by atoms with Crippen LogP contribution in [0, 0.1) is 0 Å². The molecule has 0 atom stereocenters. The Morgan fingerprint density at radius 3 is 1.00 bits per heavy atom. The van der Waals surface area contributed by atoms with Gasteiger partial charge in [-0.3, -0.25) is 9.59 Å². The molecule has 4 nitrogen and oxygen atoms in total. The first-order valence-electron chi connectivity index (χ1n) is 14.0. The van der Waals surface area contributed by atoms with E-state index in [1.165, 1.54) is 96.3 Å². The zero-order valence-corrected chi connectivity index (χ0v) is 21.6. The van der Waals surface area contributed by atoms with Crippen LogP contribution in [0.15, 0.2) is 0 Å². The van der Waals surface area contributed by atoms with Crippen molar-refractivity contribution in [1.29, 1.82) is 0 Å². The van der Waals surface area contributed by atoms with E-state index in [1.54, 1.807) is 0 Å². The Morgan fingerprint density at radius 2 is 0.688 bits per heavy atom. The largest absolute Gasteiger partial charge is 0.466 e. The summed E-state index contributed by atoms with van der Waals surface area (Å²) in [5.74, 6) is -0.379. The number of carbonyl (C=O) groups is 2. The van der Waals surface area contributed by atoms with Gasteiger partial charge in [0.2, 0.25) is 0 Å². The first-order chi connectivity index (χ1) is 15.7. The van der Waals surface area contributed by atoms with E-state index in [9.17, 15) is 9.59 Å². The van der Waals surface area contributed by atoms with Crippen LogP contribution in [-0.2, 0) is 19.1 Å². The molecule has 32 heavy (non-hydrogen) atoms. The predicted molar refractivity (Wildman–Crippen MR) is 135 cm³/mol. The fraction of sp³-hybridized carbons (Fsp3) is 0.929. The SMILES string of the molecule is CCCCCCCCCCCCCCCOC(=O)CCCC(=O)OCCCCCCCC. The third kappa shape index (κ3) is 25.2. The standard InChI is InChI=1S/C28H54O4/c1-3-5-7-9-11-12-13-14-15-16-17-19-21-26-32-28(30)24-22-23-27(29)31-25-20-18-10-8-6-4-2/h3-26H2,1-2H3. The Hall–Kier alpha value is -1.06. The van der Waals surface area contributed by atoms with Crippen molar-refractivity contribution in [3.8, 4) is 0 Å². The van der Waals surface area contributed by atoms with Gasteiger partial charge >= 0.3 is 11.9 Å². The van der Waals surface area contributed by atoms with Crippen LogP contribution >= 0.6 is 0 Å². The van der Waals surface area contributed by atoms with Crippen molar-refractivity contribution in [3.63, 3.8) is 0 Å². The van der Waals surface area contributed by atoms with Crippen molar-refractivity contribution in [2.75, 3.05) is 13.2 Å². The number of rotatable bonds is 25. The van der Waals surface area contributed by atoms with Crippen LogP contribution in [0.4, 0.5) is 0 Å². The number of ether oxygens (including phenoxy) is 2. The highest BCUT2D eigenvalue weighted by Gasteiger charge is 2.07. The van der Waals surface area contributed by atoms with Gasteiger partial charge in [0.05, 0.1) is 13.2 Å². The maximum Gasteiger partial charge on any atom is 0.305 e. The van der Waals surface area contributed by atoms with E-state index in [2.05, 4.69) is 13.8 Å². The summed E-state index contributed by atoms with van der Waals surface area (Å²) in [6.45, 7) is 5.49.